The van der Waals surface area contributed by atoms with Gasteiger partial charge in [0, 0.05) is 17.6 Å². The summed E-state index contributed by atoms with van der Waals surface area (Å²) in [5.74, 6) is 0.112. The van der Waals surface area contributed by atoms with Gasteiger partial charge < -0.3 is 4.90 Å². The molecule has 0 saturated heterocycles. The lowest BCUT2D eigenvalue weighted by Crippen LogP contribution is -2.42. The Hall–Kier alpha value is -0.730. The zero-order valence-corrected chi connectivity index (χ0v) is 12.3. The summed E-state index contributed by atoms with van der Waals surface area (Å²) in [7, 11) is 0. The molecule has 0 N–H and O–H groups in total. The zero-order chi connectivity index (χ0) is 11.4. The quantitative estimate of drug-likeness (QED) is 0.823. The SMILES string of the molecule is CC(C)N(C(=O)c1ccccc1)C(C)C.Cl.Cl. The van der Waals surface area contributed by atoms with Crippen molar-refractivity contribution >= 4 is 30.7 Å². The maximum Gasteiger partial charge on any atom is 0.254 e. The van der Waals surface area contributed by atoms with Crippen molar-refractivity contribution in [1.82, 2.24) is 4.90 Å². The molecule has 0 spiro atoms. The summed E-state index contributed by atoms with van der Waals surface area (Å²) in [6, 6.07) is 9.90. The number of carbonyl (C=O) groups excluding carboxylic acids is 1. The Morgan fingerprint density at radius 1 is 0.941 bits per heavy atom. The Labute approximate surface area is 116 Å². The molecule has 0 saturated carbocycles. The highest BCUT2D eigenvalue weighted by molar-refractivity contribution is 5.94. The molecule has 0 aliphatic rings. The molecule has 0 unspecified atom stereocenters. The second-order valence-electron chi connectivity index (χ2n) is 4.27. The van der Waals surface area contributed by atoms with Crippen molar-refractivity contribution in [2.24, 2.45) is 0 Å². The summed E-state index contributed by atoms with van der Waals surface area (Å²) in [4.78, 5) is 14.1. The molecule has 17 heavy (non-hydrogen) atoms. The Kier molecular flexibility index (Phi) is 9.18. The minimum absolute atomic E-state index is 0. The van der Waals surface area contributed by atoms with Gasteiger partial charge in [-0.1, -0.05) is 18.2 Å². The molecule has 0 atom stereocenters. The van der Waals surface area contributed by atoms with Crippen molar-refractivity contribution in [3.8, 4) is 0 Å². The maximum atomic E-state index is 12.2. The van der Waals surface area contributed by atoms with Crippen LogP contribution >= 0.6 is 24.8 Å². The monoisotopic (exact) mass is 277 g/mol. The second-order valence-corrected chi connectivity index (χ2v) is 4.27. The number of amides is 1. The van der Waals surface area contributed by atoms with Crippen molar-refractivity contribution in [2.45, 2.75) is 39.8 Å². The highest BCUT2D eigenvalue weighted by atomic mass is 35.5. The molecule has 98 valence electrons. The first-order valence-corrected chi connectivity index (χ1v) is 5.41. The van der Waals surface area contributed by atoms with E-state index in [4.69, 9.17) is 0 Å². The van der Waals surface area contributed by atoms with Crippen LogP contribution in [0, 0.1) is 0 Å². The van der Waals surface area contributed by atoms with E-state index in [2.05, 4.69) is 0 Å². The van der Waals surface area contributed by atoms with Crippen LogP contribution in [0.3, 0.4) is 0 Å². The van der Waals surface area contributed by atoms with Crippen molar-refractivity contribution in [3.63, 3.8) is 0 Å². The lowest BCUT2D eigenvalue weighted by atomic mass is 10.1. The first-order valence-electron chi connectivity index (χ1n) is 5.41. The smallest absolute Gasteiger partial charge is 0.254 e. The number of rotatable bonds is 3. The number of nitrogens with zero attached hydrogens (tertiary/aromatic N) is 1. The van der Waals surface area contributed by atoms with E-state index in [1.165, 1.54) is 0 Å². The molecule has 1 aromatic rings. The third kappa shape index (κ3) is 4.97. The molecule has 0 aromatic heterocycles. The van der Waals surface area contributed by atoms with E-state index in [1.54, 1.807) is 0 Å². The van der Waals surface area contributed by atoms with E-state index in [1.807, 2.05) is 62.9 Å². The Morgan fingerprint density at radius 2 is 1.35 bits per heavy atom. The van der Waals surface area contributed by atoms with Crippen LogP contribution in [-0.2, 0) is 0 Å². The molecule has 0 fully saturated rings. The summed E-state index contributed by atoms with van der Waals surface area (Å²) in [6.45, 7) is 8.17. The Morgan fingerprint density at radius 3 is 1.71 bits per heavy atom. The molecule has 0 heterocycles. The molecule has 0 bridgehead atoms. The zero-order valence-electron chi connectivity index (χ0n) is 10.7. The van der Waals surface area contributed by atoms with Crippen LogP contribution in [-0.4, -0.2) is 22.9 Å². The molecule has 1 aromatic carbocycles. The van der Waals surface area contributed by atoms with Gasteiger partial charge in [0.05, 0.1) is 0 Å². The predicted octanol–water partition coefficient (Wildman–Crippen LogP) is 3.79. The average Bonchev–Trinajstić information content (AvgIpc) is 2.18. The first-order chi connectivity index (χ1) is 7.04. The van der Waals surface area contributed by atoms with Gasteiger partial charge in [0.25, 0.3) is 5.91 Å². The Balaban J connectivity index is 0. The van der Waals surface area contributed by atoms with E-state index >= 15 is 0 Å². The van der Waals surface area contributed by atoms with Crippen LogP contribution in [0.5, 0.6) is 0 Å². The summed E-state index contributed by atoms with van der Waals surface area (Å²) >= 11 is 0. The van der Waals surface area contributed by atoms with Gasteiger partial charge in [-0.2, -0.15) is 0 Å². The van der Waals surface area contributed by atoms with Gasteiger partial charge in [-0.25, -0.2) is 0 Å². The van der Waals surface area contributed by atoms with Crippen molar-refractivity contribution in [1.29, 1.82) is 0 Å². The molecule has 1 rings (SSSR count). The average molecular weight is 278 g/mol. The van der Waals surface area contributed by atoms with Gasteiger partial charge >= 0.3 is 0 Å². The molecule has 1 amide bonds. The number of hydrogen-bond acceptors (Lipinski definition) is 1. The lowest BCUT2D eigenvalue weighted by molar-refractivity contribution is 0.0644. The fourth-order valence-corrected chi connectivity index (χ4v) is 1.80. The van der Waals surface area contributed by atoms with Crippen molar-refractivity contribution in [3.05, 3.63) is 35.9 Å². The summed E-state index contributed by atoms with van der Waals surface area (Å²) in [5.41, 5.74) is 0.764. The molecular formula is C13H21Cl2NO. The molecule has 0 radical (unpaired) electrons. The third-order valence-electron chi connectivity index (χ3n) is 2.37. The van der Waals surface area contributed by atoms with Crippen LogP contribution in [0.2, 0.25) is 0 Å². The highest BCUT2D eigenvalue weighted by Gasteiger charge is 2.20. The van der Waals surface area contributed by atoms with Crippen LogP contribution in [0.4, 0.5) is 0 Å². The second kappa shape index (κ2) is 8.37. The van der Waals surface area contributed by atoms with Gasteiger partial charge in [0.2, 0.25) is 0 Å². The summed E-state index contributed by atoms with van der Waals surface area (Å²) < 4.78 is 0. The largest absolute Gasteiger partial charge is 0.334 e. The minimum atomic E-state index is 0. The lowest BCUT2D eigenvalue weighted by Gasteiger charge is -2.30. The minimum Gasteiger partial charge on any atom is -0.334 e. The fourth-order valence-electron chi connectivity index (χ4n) is 1.80. The highest BCUT2D eigenvalue weighted by Crippen LogP contribution is 2.11. The van der Waals surface area contributed by atoms with Gasteiger partial charge in [-0.3, -0.25) is 4.79 Å². The van der Waals surface area contributed by atoms with Crippen LogP contribution in [0.25, 0.3) is 0 Å². The van der Waals surface area contributed by atoms with E-state index < -0.39 is 0 Å². The summed E-state index contributed by atoms with van der Waals surface area (Å²) in [6.07, 6.45) is 0. The van der Waals surface area contributed by atoms with Crippen molar-refractivity contribution < 1.29 is 4.79 Å². The Bertz CT molecular complexity index is 317. The molecule has 4 heteroatoms. The molecular weight excluding hydrogens is 257 g/mol. The number of hydrogen-bond donors (Lipinski definition) is 0. The van der Waals surface area contributed by atoms with Crippen LogP contribution in [0.15, 0.2) is 30.3 Å². The summed E-state index contributed by atoms with van der Waals surface area (Å²) in [5, 5.41) is 0. The van der Waals surface area contributed by atoms with Crippen LogP contribution < -0.4 is 0 Å². The number of halogens is 2. The van der Waals surface area contributed by atoms with Gasteiger partial charge in [-0.15, -0.1) is 24.8 Å². The van der Waals surface area contributed by atoms with Crippen molar-refractivity contribution in [2.75, 3.05) is 0 Å². The van der Waals surface area contributed by atoms with E-state index in [0.717, 1.165) is 5.56 Å². The predicted molar refractivity (Wildman–Crippen MR) is 77.4 cm³/mol. The van der Waals surface area contributed by atoms with E-state index in [-0.39, 0.29) is 42.8 Å². The van der Waals surface area contributed by atoms with Gasteiger partial charge in [0.15, 0.2) is 0 Å². The fraction of sp³-hybridized carbons (Fsp3) is 0.462. The number of benzene rings is 1. The third-order valence-corrected chi connectivity index (χ3v) is 2.37. The maximum absolute atomic E-state index is 12.2. The van der Waals surface area contributed by atoms with E-state index in [0.29, 0.717) is 0 Å². The van der Waals surface area contributed by atoms with Gasteiger partial charge in [0.1, 0.15) is 0 Å². The molecule has 0 aliphatic heterocycles. The topological polar surface area (TPSA) is 20.3 Å². The van der Waals surface area contributed by atoms with Gasteiger partial charge in [-0.05, 0) is 39.8 Å². The molecule has 2 nitrogen and oxygen atoms in total. The van der Waals surface area contributed by atoms with E-state index in [9.17, 15) is 4.79 Å². The first kappa shape index (κ1) is 18.6. The molecule has 0 aliphatic carbocycles. The normalized spacial score (nSPS) is 9.53. The standard InChI is InChI=1S/C13H19NO.2ClH/c1-10(2)14(11(3)4)13(15)12-8-6-5-7-9-12;;/h5-11H,1-4H3;2*1H. The number of carbonyl (C=O) groups is 1. The van der Waals surface area contributed by atoms with Crippen LogP contribution in [0.1, 0.15) is 38.1 Å².